The van der Waals surface area contributed by atoms with Gasteiger partial charge in [-0.2, -0.15) is 0 Å². The number of ether oxygens (including phenoxy) is 1. The molecule has 1 fully saturated rings. The fourth-order valence-electron chi connectivity index (χ4n) is 1.43. The molecule has 1 aromatic rings. The number of hydrogen-bond donors (Lipinski definition) is 1. The molecule has 1 N–H and O–H groups in total. The van der Waals surface area contributed by atoms with Crippen molar-refractivity contribution in [1.29, 1.82) is 0 Å². The maximum absolute atomic E-state index is 11.6. The lowest BCUT2D eigenvalue weighted by Gasteiger charge is -2.22. The summed E-state index contributed by atoms with van der Waals surface area (Å²) in [6.45, 7) is 2.19. The van der Waals surface area contributed by atoms with Crippen molar-refractivity contribution >= 4 is 17.1 Å². The Bertz CT molecular complexity index is 294. The molecule has 0 amide bonds. The molecule has 0 aliphatic carbocycles. The summed E-state index contributed by atoms with van der Waals surface area (Å²) in [7, 11) is 0. The molecule has 76 valence electrons. The van der Waals surface area contributed by atoms with Crippen LogP contribution in [0.3, 0.4) is 0 Å². The predicted octanol–water partition coefficient (Wildman–Crippen LogP) is 0.704. The molecule has 0 radical (unpaired) electrons. The summed E-state index contributed by atoms with van der Waals surface area (Å²) in [5.41, 5.74) is 2.25. The van der Waals surface area contributed by atoms with Gasteiger partial charge in [0.1, 0.15) is 5.69 Å². The Morgan fingerprint density at radius 2 is 2.71 bits per heavy atom. The Morgan fingerprint density at radius 3 is 3.36 bits per heavy atom. The van der Waals surface area contributed by atoms with E-state index < -0.39 is 0 Å². The Hall–Kier alpha value is -0.780. The van der Waals surface area contributed by atoms with Crippen LogP contribution in [0.5, 0.6) is 0 Å². The van der Waals surface area contributed by atoms with Gasteiger partial charge in [0.25, 0.3) is 0 Å². The highest BCUT2D eigenvalue weighted by molar-refractivity contribution is 7.07. The number of aromatic nitrogens is 1. The van der Waals surface area contributed by atoms with Gasteiger partial charge >= 0.3 is 0 Å². The Morgan fingerprint density at radius 1 is 1.79 bits per heavy atom. The van der Waals surface area contributed by atoms with Crippen molar-refractivity contribution in [3.05, 3.63) is 16.6 Å². The molecule has 0 saturated carbocycles. The van der Waals surface area contributed by atoms with Gasteiger partial charge < -0.3 is 10.1 Å². The van der Waals surface area contributed by atoms with Gasteiger partial charge in [0.15, 0.2) is 5.78 Å². The minimum absolute atomic E-state index is 0.0919. The number of Topliss-reactive ketones (excluding diaryl/α,β-unsaturated/α-hetero) is 1. The van der Waals surface area contributed by atoms with Crippen molar-refractivity contribution in [2.24, 2.45) is 0 Å². The van der Waals surface area contributed by atoms with E-state index in [1.807, 2.05) is 0 Å². The average Bonchev–Trinajstić information content (AvgIpc) is 2.72. The minimum atomic E-state index is 0.0919. The largest absolute Gasteiger partial charge is 0.378 e. The maximum atomic E-state index is 11.6. The maximum Gasteiger partial charge on any atom is 0.183 e. The molecule has 1 saturated heterocycles. The lowest BCUT2D eigenvalue weighted by molar-refractivity contribution is 0.0674. The van der Waals surface area contributed by atoms with E-state index in [4.69, 9.17) is 4.74 Å². The molecule has 2 rings (SSSR count). The summed E-state index contributed by atoms with van der Waals surface area (Å²) in [6.07, 6.45) is 0.476. The SMILES string of the molecule is O=C(CC1COCCN1)c1cscn1. The minimum Gasteiger partial charge on any atom is -0.378 e. The predicted molar refractivity (Wildman–Crippen MR) is 53.7 cm³/mol. The van der Waals surface area contributed by atoms with Crippen molar-refractivity contribution < 1.29 is 9.53 Å². The molecule has 0 aromatic carbocycles. The van der Waals surface area contributed by atoms with Gasteiger partial charge in [-0.05, 0) is 0 Å². The second kappa shape index (κ2) is 4.63. The molecule has 5 heteroatoms. The van der Waals surface area contributed by atoms with Crippen LogP contribution < -0.4 is 5.32 Å². The van der Waals surface area contributed by atoms with Gasteiger partial charge in [-0.25, -0.2) is 4.98 Å². The molecule has 1 aromatic heterocycles. The third kappa shape index (κ3) is 2.37. The van der Waals surface area contributed by atoms with Crippen molar-refractivity contribution in [3.63, 3.8) is 0 Å². The van der Waals surface area contributed by atoms with Crippen LogP contribution in [-0.2, 0) is 4.74 Å². The summed E-state index contributed by atoms with van der Waals surface area (Å²) >= 11 is 1.45. The average molecular weight is 212 g/mol. The van der Waals surface area contributed by atoms with Gasteiger partial charge in [0.2, 0.25) is 0 Å². The molecule has 0 spiro atoms. The smallest absolute Gasteiger partial charge is 0.183 e. The highest BCUT2D eigenvalue weighted by atomic mass is 32.1. The van der Waals surface area contributed by atoms with Crippen molar-refractivity contribution in [3.8, 4) is 0 Å². The summed E-state index contributed by atoms with van der Waals surface area (Å²) < 4.78 is 5.27. The van der Waals surface area contributed by atoms with E-state index in [9.17, 15) is 4.79 Å². The number of morpholine rings is 1. The lowest BCUT2D eigenvalue weighted by atomic mass is 10.1. The second-order valence-electron chi connectivity index (χ2n) is 3.23. The fourth-order valence-corrected chi connectivity index (χ4v) is 1.99. The topological polar surface area (TPSA) is 51.2 Å². The van der Waals surface area contributed by atoms with Gasteiger partial charge in [0.05, 0.1) is 18.7 Å². The summed E-state index contributed by atoms with van der Waals surface area (Å²) in [4.78, 5) is 15.6. The van der Waals surface area contributed by atoms with E-state index in [0.717, 1.165) is 13.2 Å². The van der Waals surface area contributed by atoms with E-state index in [-0.39, 0.29) is 11.8 Å². The van der Waals surface area contributed by atoms with E-state index >= 15 is 0 Å². The van der Waals surface area contributed by atoms with Crippen molar-refractivity contribution in [2.75, 3.05) is 19.8 Å². The Labute approximate surface area is 86.3 Å². The van der Waals surface area contributed by atoms with Crippen LogP contribution in [0.4, 0.5) is 0 Å². The standard InChI is InChI=1S/C9H12N2O2S/c12-9(8-5-14-6-11-8)3-7-4-13-2-1-10-7/h5-7,10H,1-4H2. The molecular weight excluding hydrogens is 200 g/mol. The first-order valence-electron chi connectivity index (χ1n) is 4.59. The van der Waals surface area contributed by atoms with Crippen LogP contribution in [0.2, 0.25) is 0 Å². The van der Waals surface area contributed by atoms with E-state index in [1.54, 1.807) is 10.9 Å². The summed E-state index contributed by atoms with van der Waals surface area (Å²) in [5.74, 6) is 0.0919. The van der Waals surface area contributed by atoms with Crippen LogP contribution in [0.15, 0.2) is 10.9 Å². The number of carbonyl (C=O) groups excluding carboxylic acids is 1. The first-order valence-corrected chi connectivity index (χ1v) is 5.53. The molecule has 1 aliphatic heterocycles. The molecule has 14 heavy (non-hydrogen) atoms. The monoisotopic (exact) mass is 212 g/mol. The first-order chi connectivity index (χ1) is 6.86. The number of hydrogen-bond acceptors (Lipinski definition) is 5. The number of carbonyl (C=O) groups is 1. The zero-order chi connectivity index (χ0) is 9.80. The van der Waals surface area contributed by atoms with E-state index in [0.29, 0.717) is 18.7 Å². The first kappa shape index (κ1) is 9.76. The number of ketones is 1. The van der Waals surface area contributed by atoms with Gasteiger partial charge in [-0.15, -0.1) is 11.3 Å². The number of rotatable bonds is 3. The number of nitrogens with one attached hydrogen (secondary N) is 1. The van der Waals surface area contributed by atoms with Crippen molar-refractivity contribution in [2.45, 2.75) is 12.5 Å². The number of nitrogens with zero attached hydrogens (tertiary/aromatic N) is 1. The quantitative estimate of drug-likeness (QED) is 0.749. The zero-order valence-electron chi connectivity index (χ0n) is 7.73. The highest BCUT2D eigenvalue weighted by Crippen LogP contribution is 2.07. The molecular formula is C9H12N2O2S. The lowest BCUT2D eigenvalue weighted by Crippen LogP contribution is -2.42. The van der Waals surface area contributed by atoms with E-state index in [2.05, 4.69) is 10.3 Å². The second-order valence-corrected chi connectivity index (χ2v) is 3.95. The molecule has 0 bridgehead atoms. The molecule has 1 atom stereocenters. The Balaban J connectivity index is 1.87. The molecule has 1 aliphatic rings. The zero-order valence-corrected chi connectivity index (χ0v) is 8.55. The summed E-state index contributed by atoms with van der Waals surface area (Å²) in [5, 5.41) is 5.03. The van der Waals surface area contributed by atoms with Gasteiger partial charge in [0, 0.05) is 24.4 Å². The van der Waals surface area contributed by atoms with Gasteiger partial charge in [-0.3, -0.25) is 4.79 Å². The van der Waals surface area contributed by atoms with Crippen LogP contribution in [0.25, 0.3) is 0 Å². The summed E-state index contributed by atoms with van der Waals surface area (Å²) in [6, 6.07) is 0.151. The van der Waals surface area contributed by atoms with Gasteiger partial charge in [-0.1, -0.05) is 0 Å². The van der Waals surface area contributed by atoms with Crippen molar-refractivity contribution in [1.82, 2.24) is 10.3 Å². The van der Waals surface area contributed by atoms with Crippen LogP contribution in [-0.4, -0.2) is 36.6 Å². The van der Waals surface area contributed by atoms with Crippen LogP contribution >= 0.6 is 11.3 Å². The van der Waals surface area contributed by atoms with Crippen LogP contribution in [0.1, 0.15) is 16.9 Å². The Kier molecular flexibility index (Phi) is 3.23. The number of thiazole rings is 1. The third-order valence-electron chi connectivity index (χ3n) is 2.15. The molecule has 2 heterocycles. The molecule has 4 nitrogen and oxygen atoms in total. The van der Waals surface area contributed by atoms with Crippen LogP contribution in [0, 0.1) is 0 Å². The molecule has 1 unspecified atom stereocenters. The normalized spacial score (nSPS) is 22.1. The fraction of sp³-hybridized carbons (Fsp3) is 0.556. The van der Waals surface area contributed by atoms with E-state index in [1.165, 1.54) is 11.3 Å². The highest BCUT2D eigenvalue weighted by Gasteiger charge is 2.18. The third-order valence-corrected chi connectivity index (χ3v) is 2.73.